The summed E-state index contributed by atoms with van der Waals surface area (Å²) in [6.07, 6.45) is 3.03. The summed E-state index contributed by atoms with van der Waals surface area (Å²) < 4.78 is 5.60. The molecule has 2 atom stereocenters. The van der Waals surface area contributed by atoms with Gasteiger partial charge in [-0.05, 0) is 60.8 Å². The van der Waals surface area contributed by atoms with Gasteiger partial charge in [0.1, 0.15) is 6.61 Å². The first-order valence-corrected chi connectivity index (χ1v) is 12.5. The van der Waals surface area contributed by atoms with Gasteiger partial charge >= 0.3 is 12.1 Å². The van der Waals surface area contributed by atoms with Crippen LogP contribution in [0.25, 0.3) is 11.1 Å². The van der Waals surface area contributed by atoms with Crippen molar-refractivity contribution in [2.24, 2.45) is 5.92 Å². The highest BCUT2D eigenvalue weighted by Crippen LogP contribution is 2.44. The van der Waals surface area contributed by atoms with Gasteiger partial charge in [-0.25, -0.2) is 4.79 Å². The summed E-state index contributed by atoms with van der Waals surface area (Å²) in [4.78, 5) is 37.8. The molecule has 7 heteroatoms. The van der Waals surface area contributed by atoms with Crippen molar-refractivity contribution in [3.63, 3.8) is 0 Å². The van der Waals surface area contributed by atoms with Crippen molar-refractivity contribution in [3.8, 4) is 11.1 Å². The van der Waals surface area contributed by atoms with Crippen molar-refractivity contribution < 1.29 is 24.2 Å². The molecule has 35 heavy (non-hydrogen) atoms. The molecule has 0 radical (unpaired) electrons. The topological polar surface area (TPSA) is 95.9 Å². The predicted molar refractivity (Wildman–Crippen MR) is 133 cm³/mol. The second kappa shape index (κ2) is 11.4. The summed E-state index contributed by atoms with van der Waals surface area (Å²) in [5, 5.41) is 11.8. The lowest BCUT2D eigenvalue weighted by Crippen LogP contribution is -2.41. The molecule has 2 aromatic carbocycles. The van der Waals surface area contributed by atoms with E-state index in [0.29, 0.717) is 25.8 Å². The minimum atomic E-state index is -0.790. The fraction of sp³-hybridized carbons (Fsp3) is 0.464. The normalized spacial score (nSPS) is 17.9. The van der Waals surface area contributed by atoms with E-state index in [1.165, 1.54) is 22.3 Å². The van der Waals surface area contributed by atoms with Gasteiger partial charge in [0.15, 0.2) is 0 Å². The molecule has 2 N–H and O–H groups in total. The maximum atomic E-state index is 12.7. The first kappa shape index (κ1) is 24.8. The zero-order chi connectivity index (χ0) is 24.8. The third-order valence-electron chi connectivity index (χ3n) is 7.14. The molecule has 4 rings (SSSR count). The van der Waals surface area contributed by atoms with Gasteiger partial charge in [0, 0.05) is 37.9 Å². The Morgan fingerprint density at radius 3 is 2.37 bits per heavy atom. The van der Waals surface area contributed by atoms with Gasteiger partial charge in [-0.1, -0.05) is 48.5 Å². The zero-order valence-corrected chi connectivity index (χ0v) is 20.2. The Morgan fingerprint density at radius 2 is 1.71 bits per heavy atom. The Hall–Kier alpha value is -3.35. The number of hydrogen-bond donors (Lipinski definition) is 2. The van der Waals surface area contributed by atoms with Gasteiger partial charge in [0.05, 0.1) is 0 Å². The van der Waals surface area contributed by atoms with Crippen LogP contribution in [0.15, 0.2) is 48.5 Å². The van der Waals surface area contributed by atoms with Gasteiger partial charge < -0.3 is 20.1 Å². The summed E-state index contributed by atoms with van der Waals surface area (Å²) in [6.45, 7) is 3.48. The van der Waals surface area contributed by atoms with Crippen LogP contribution in [0, 0.1) is 5.92 Å². The van der Waals surface area contributed by atoms with Crippen molar-refractivity contribution >= 4 is 18.0 Å². The quantitative estimate of drug-likeness (QED) is 0.540. The molecule has 1 aliphatic heterocycles. The van der Waals surface area contributed by atoms with Crippen LogP contribution < -0.4 is 5.32 Å². The van der Waals surface area contributed by atoms with Gasteiger partial charge in [0.2, 0.25) is 5.91 Å². The molecule has 2 aliphatic rings. The number of piperidine rings is 1. The monoisotopic (exact) mass is 478 g/mol. The number of amides is 2. The third-order valence-corrected chi connectivity index (χ3v) is 7.14. The number of ether oxygens (including phenoxy) is 1. The Labute approximate surface area is 206 Å². The third kappa shape index (κ3) is 6.21. The minimum absolute atomic E-state index is 0.0122. The highest BCUT2D eigenvalue weighted by atomic mass is 16.5. The number of aliphatic carboxylic acids is 1. The van der Waals surface area contributed by atoms with Gasteiger partial charge in [-0.15, -0.1) is 0 Å². The van der Waals surface area contributed by atoms with Crippen LogP contribution >= 0.6 is 0 Å². The van der Waals surface area contributed by atoms with E-state index < -0.39 is 12.1 Å². The highest BCUT2D eigenvalue weighted by molar-refractivity contribution is 5.79. The second-order valence-corrected chi connectivity index (χ2v) is 9.69. The standard InChI is InChI=1S/C28H34N2O5/c1-19(12-14-26(31)30-16-6-7-20(17-30)13-15-27(32)33)29-28(34)35-18-25-23-10-4-2-8-21(23)22-9-3-5-11-24(22)25/h2-5,8-11,19-20,25H,6-7,12-18H2,1H3,(H,29,34)(H,32,33). The van der Waals surface area contributed by atoms with Crippen LogP contribution in [0.4, 0.5) is 4.79 Å². The summed E-state index contributed by atoms with van der Waals surface area (Å²) >= 11 is 0. The number of carboxylic acids is 1. The van der Waals surface area contributed by atoms with Crippen LogP contribution in [0.1, 0.15) is 62.5 Å². The van der Waals surface area contributed by atoms with Crippen molar-refractivity contribution in [3.05, 3.63) is 59.7 Å². The van der Waals surface area contributed by atoms with Crippen LogP contribution in [0.5, 0.6) is 0 Å². The molecule has 0 saturated carbocycles. The fourth-order valence-electron chi connectivity index (χ4n) is 5.27. The molecule has 2 aromatic rings. The summed E-state index contributed by atoms with van der Waals surface area (Å²) in [5.41, 5.74) is 4.71. The average Bonchev–Trinajstić information content (AvgIpc) is 3.18. The van der Waals surface area contributed by atoms with Crippen molar-refractivity contribution in [2.75, 3.05) is 19.7 Å². The SMILES string of the molecule is CC(CCC(=O)N1CCCC(CCC(=O)O)C1)NC(=O)OCC1c2ccccc2-c2ccccc21. The Kier molecular flexibility index (Phi) is 8.06. The van der Waals surface area contributed by atoms with E-state index in [9.17, 15) is 14.4 Å². The molecule has 2 amide bonds. The van der Waals surface area contributed by atoms with Crippen molar-refractivity contribution in [2.45, 2.75) is 57.4 Å². The van der Waals surface area contributed by atoms with Gasteiger partial charge in [-0.2, -0.15) is 0 Å². The molecule has 0 spiro atoms. The number of benzene rings is 2. The fourth-order valence-corrected chi connectivity index (χ4v) is 5.27. The highest BCUT2D eigenvalue weighted by Gasteiger charge is 2.29. The summed E-state index contributed by atoms with van der Waals surface area (Å²) in [7, 11) is 0. The molecule has 0 bridgehead atoms. The molecular formula is C28H34N2O5. The summed E-state index contributed by atoms with van der Waals surface area (Å²) in [6, 6.07) is 16.2. The first-order chi connectivity index (χ1) is 16.9. The number of carbonyl (C=O) groups is 3. The maximum absolute atomic E-state index is 12.7. The van der Waals surface area contributed by atoms with E-state index in [0.717, 1.165) is 19.4 Å². The van der Waals surface area contributed by atoms with Gasteiger partial charge in [-0.3, -0.25) is 9.59 Å². The molecule has 1 heterocycles. The van der Waals surface area contributed by atoms with E-state index >= 15 is 0 Å². The van der Waals surface area contributed by atoms with Gasteiger partial charge in [0.25, 0.3) is 0 Å². The second-order valence-electron chi connectivity index (χ2n) is 9.69. The lowest BCUT2D eigenvalue weighted by molar-refractivity contribution is -0.137. The number of fused-ring (bicyclic) bond motifs is 3. The van der Waals surface area contributed by atoms with Crippen LogP contribution in [0.3, 0.4) is 0 Å². The number of likely N-dealkylation sites (tertiary alicyclic amines) is 1. The zero-order valence-electron chi connectivity index (χ0n) is 20.2. The minimum Gasteiger partial charge on any atom is -0.481 e. The molecule has 186 valence electrons. The number of alkyl carbamates (subject to hydrolysis) is 1. The largest absolute Gasteiger partial charge is 0.481 e. The molecular weight excluding hydrogens is 444 g/mol. The lowest BCUT2D eigenvalue weighted by atomic mass is 9.93. The molecule has 0 aromatic heterocycles. The number of carboxylic acid groups (broad SMARTS) is 1. The molecule has 2 unspecified atom stereocenters. The van der Waals surface area contributed by atoms with E-state index in [2.05, 4.69) is 29.6 Å². The lowest BCUT2D eigenvalue weighted by Gasteiger charge is -2.33. The Bertz CT molecular complexity index is 1020. The Balaban J connectivity index is 1.22. The summed E-state index contributed by atoms with van der Waals surface area (Å²) in [5.74, 6) is -0.467. The average molecular weight is 479 g/mol. The number of rotatable bonds is 9. The van der Waals surface area contributed by atoms with E-state index in [1.807, 2.05) is 36.1 Å². The van der Waals surface area contributed by atoms with Crippen molar-refractivity contribution in [1.82, 2.24) is 10.2 Å². The van der Waals surface area contributed by atoms with E-state index in [4.69, 9.17) is 9.84 Å². The maximum Gasteiger partial charge on any atom is 0.407 e. The van der Waals surface area contributed by atoms with E-state index in [1.54, 1.807) is 0 Å². The Morgan fingerprint density at radius 1 is 1.06 bits per heavy atom. The van der Waals surface area contributed by atoms with Crippen molar-refractivity contribution in [1.29, 1.82) is 0 Å². The molecule has 1 aliphatic carbocycles. The van der Waals surface area contributed by atoms with Crippen LogP contribution in [0.2, 0.25) is 0 Å². The number of nitrogens with zero attached hydrogens (tertiary/aromatic N) is 1. The molecule has 7 nitrogen and oxygen atoms in total. The van der Waals surface area contributed by atoms with Crippen LogP contribution in [-0.4, -0.2) is 53.7 Å². The number of hydrogen-bond acceptors (Lipinski definition) is 4. The number of nitrogens with one attached hydrogen (secondary N) is 1. The molecule has 1 fully saturated rings. The molecule has 1 saturated heterocycles. The smallest absolute Gasteiger partial charge is 0.407 e. The van der Waals surface area contributed by atoms with E-state index in [-0.39, 0.29) is 36.8 Å². The first-order valence-electron chi connectivity index (χ1n) is 12.5. The number of carbonyl (C=O) groups excluding carboxylic acids is 2. The van der Waals surface area contributed by atoms with Crippen LogP contribution in [-0.2, 0) is 14.3 Å². The predicted octanol–water partition coefficient (Wildman–Crippen LogP) is 4.80.